The summed E-state index contributed by atoms with van der Waals surface area (Å²) in [4.78, 5) is 0. The molecule has 0 radical (unpaired) electrons. The fraction of sp³-hybridized carbons (Fsp3) is 0.176. The van der Waals surface area contributed by atoms with E-state index in [0.29, 0.717) is 5.92 Å². The first-order valence-electron chi connectivity index (χ1n) is 6.95. The van der Waals surface area contributed by atoms with Gasteiger partial charge in [0.15, 0.2) is 0 Å². The molecule has 1 heterocycles. The molecule has 4 heteroatoms. The number of nitrogens with zero attached hydrogens (tertiary/aromatic N) is 3. The van der Waals surface area contributed by atoms with Gasteiger partial charge in [-0.1, -0.05) is 31.2 Å². The topological polar surface area (TPSA) is 50.9 Å². The number of hydrogen-bond donors (Lipinski definition) is 1. The molecule has 0 fully saturated rings. The van der Waals surface area contributed by atoms with Crippen LogP contribution in [0, 0.1) is 0 Å². The molecule has 1 N–H and O–H groups in total. The van der Waals surface area contributed by atoms with Gasteiger partial charge in [-0.2, -0.15) is 0 Å². The van der Waals surface area contributed by atoms with E-state index in [1.807, 2.05) is 30.5 Å². The normalized spacial score (nSPS) is 11.0. The molecule has 0 saturated carbocycles. The predicted molar refractivity (Wildman–Crippen MR) is 82.5 cm³/mol. The quantitative estimate of drug-likeness (QED) is 0.794. The molecule has 0 amide bonds. The van der Waals surface area contributed by atoms with Crippen LogP contribution in [0.1, 0.15) is 25.3 Å². The van der Waals surface area contributed by atoms with E-state index in [-0.39, 0.29) is 5.75 Å². The second-order valence-corrected chi connectivity index (χ2v) is 5.34. The third kappa shape index (κ3) is 2.79. The molecule has 106 valence electrons. The molecular formula is C17H17N3O. The van der Waals surface area contributed by atoms with Crippen molar-refractivity contribution in [1.82, 2.24) is 15.0 Å². The molecule has 0 saturated heterocycles. The lowest BCUT2D eigenvalue weighted by Gasteiger charge is -2.07. The third-order valence-corrected chi connectivity index (χ3v) is 3.46. The maximum absolute atomic E-state index is 9.33. The second kappa shape index (κ2) is 5.40. The van der Waals surface area contributed by atoms with E-state index in [1.54, 1.807) is 16.8 Å². The first kappa shape index (κ1) is 13.4. The maximum atomic E-state index is 9.33. The summed E-state index contributed by atoms with van der Waals surface area (Å²) in [6.45, 7) is 4.34. The van der Waals surface area contributed by atoms with Crippen LogP contribution in [-0.2, 0) is 0 Å². The molecule has 0 bridgehead atoms. The van der Waals surface area contributed by atoms with Crippen LogP contribution in [0.4, 0.5) is 0 Å². The van der Waals surface area contributed by atoms with Gasteiger partial charge in [0.2, 0.25) is 0 Å². The van der Waals surface area contributed by atoms with E-state index >= 15 is 0 Å². The Morgan fingerprint density at radius 3 is 2.52 bits per heavy atom. The van der Waals surface area contributed by atoms with Crippen LogP contribution in [0.15, 0.2) is 54.7 Å². The molecule has 0 aliphatic heterocycles. The van der Waals surface area contributed by atoms with Crippen molar-refractivity contribution in [3.05, 3.63) is 60.3 Å². The standard InChI is InChI=1S/C17H17N3O/c1-12(2)14-4-3-5-15(10-14)20-11-17(18-19-20)13-6-8-16(21)9-7-13/h3-12,21H,1-2H3. The Morgan fingerprint density at radius 2 is 1.81 bits per heavy atom. The van der Waals surface area contributed by atoms with Crippen molar-refractivity contribution in [3.63, 3.8) is 0 Å². The highest BCUT2D eigenvalue weighted by atomic mass is 16.3. The van der Waals surface area contributed by atoms with Crippen LogP contribution in [0.2, 0.25) is 0 Å². The highest BCUT2D eigenvalue weighted by Crippen LogP contribution is 2.22. The zero-order chi connectivity index (χ0) is 14.8. The molecular weight excluding hydrogens is 262 g/mol. The van der Waals surface area contributed by atoms with Crippen molar-refractivity contribution in [2.75, 3.05) is 0 Å². The summed E-state index contributed by atoms with van der Waals surface area (Å²) in [7, 11) is 0. The van der Waals surface area contributed by atoms with Crippen LogP contribution in [-0.4, -0.2) is 20.1 Å². The summed E-state index contributed by atoms with van der Waals surface area (Å²) in [6, 6.07) is 15.2. The Balaban J connectivity index is 1.94. The minimum Gasteiger partial charge on any atom is -0.508 e. The third-order valence-electron chi connectivity index (χ3n) is 3.46. The Labute approximate surface area is 123 Å². The number of aromatic hydroxyl groups is 1. The van der Waals surface area contributed by atoms with Crippen LogP contribution >= 0.6 is 0 Å². The van der Waals surface area contributed by atoms with Gasteiger partial charge in [0.25, 0.3) is 0 Å². The van der Waals surface area contributed by atoms with Gasteiger partial charge < -0.3 is 5.11 Å². The average Bonchev–Trinajstić information content (AvgIpc) is 2.98. The second-order valence-electron chi connectivity index (χ2n) is 5.34. The van der Waals surface area contributed by atoms with Crippen LogP contribution in [0.3, 0.4) is 0 Å². The van der Waals surface area contributed by atoms with E-state index in [0.717, 1.165) is 16.9 Å². The van der Waals surface area contributed by atoms with Crippen LogP contribution in [0.25, 0.3) is 16.9 Å². The summed E-state index contributed by atoms with van der Waals surface area (Å²) in [6.07, 6.45) is 1.89. The minimum atomic E-state index is 0.246. The number of hydrogen-bond acceptors (Lipinski definition) is 3. The monoisotopic (exact) mass is 279 g/mol. The molecule has 3 rings (SSSR count). The first-order valence-corrected chi connectivity index (χ1v) is 6.95. The molecule has 0 atom stereocenters. The maximum Gasteiger partial charge on any atom is 0.115 e. The summed E-state index contributed by atoms with van der Waals surface area (Å²) in [5, 5.41) is 17.7. The van der Waals surface area contributed by atoms with Crippen molar-refractivity contribution in [3.8, 4) is 22.7 Å². The van der Waals surface area contributed by atoms with Crippen molar-refractivity contribution < 1.29 is 5.11 Å². The van der Waals surface area contributed by atoms with Crippen molar-refractivity contribution in [1.29, 1.82) is 0 Å². The Morgan fingerprint density at radius 1 is 1.05 bits per heavy atom. The lowest BCUT2D eigenvalue weighted by molar-refractivity contribution is 0.475. The van der Waals surface area contributed by atoms with Crippen molar-refractivity contribution in [2.24, 2.45) is 0 Å². The number of aromatic nitrogens is 3. The molecule has 21 heavy (non-hydrogen) atoms. The molecule has 2 aromatic carbocycles. The molecule has 0 unspecified atom stereocenters. The zero-order valence-electron chi connectivity index (χ0n) is 12.1. The van der Waals surface area contributed by atoms with Gasteiger partial charge >= 0.3 is 0 Å². The van der Waals surface area contributed by atoms with Crippen LogP contribution in [0.5, 0.6) is 5.75 Å². The summed E-state index contributed by atoms with van der Waals surface area (Å²) < 4.78 is 1.77. The molecule has 3 aromatic rings. The fourth-order valence-corrected chi connectivity index (χ4v) is 2.18. The highest BCUT2D eigenvalue weighted by molar-refractivity contribution is 5.59. The first-order chi connectivity index (χ1) is 10.1. The van der Waals surface area contributed by atoms with E-state index in [1.165, 1.54) is 5.56 Å². The lowest BCUT2D eigenvalue weighted by atomic mass is 10.0. The summed E-state index contributed by atoms with van der Waals surface area (Å²) in [5.74, 6) is 0.723. The van der Waals surface area contributed by atoms with Gasteiger partial charge in [0.05, 0.1) is 11.9 Å². The average molecular weight is 279 g/mol. The van der Waals surface area contributed by atoms with Gasteiger partial charge in [-0.05, 0) is 47.9 Å². The van der Waals surface area contributed by atoms with E-state index in [9.17, 15) is 5.11 Å². The fourth-order valence-electron chi connectivity index (χ4n) is 2.18. The Bertz CT molecular complexity index is 745. The van der Waals surface area contributed by atoms with E-state index < -0.39 is 0 Å². The van der Waals surface area contributed by atoms with Crippen LogP contribution < -0.4 is 0 Å². The van der Waals surface area contributed by atoms with Gasteiger partial charge in [-0.3, -0.25) is 0 Å². The van der Waals surface area contributed by atoms with Crippen molar-refractivity contribution in [2.45, 2.75) is 19.8 Å². The number of rotatable bonds is 3. The van der Waals surface area contributed by atoms with E-state index in [2.05, 4.69) is 36.3 Å². The molecule has 0 spiro atoms. The largest absolute Gasteiger partial charge is 0.508 e. The minimum absolute atomic E-state index is 0.246. The molecule has 1 aromatic heterocycles. The summed E-state index contributed by atoms with van der Waals surface area (Å²) in [5.41, 5.74) is 3.98. The molecule has 4 nitrogen and oxygen atoms in total. The zero-order valence-corrected chi connectivity index (χ0v) is 12.1. The van der Waals surface area contributed by atoms with Gasteiger partial charge in [0, 0.05) is 5.56 Å². The number of benzene rings is 2. The lowest BCUT2D eigenvalue weighted by Crippen LogP contribution is -1.96. The Kier molecular flexibility index (Phi) is 3.44. The number of phenolic OH excluding ortho intramolecular Hbond substituents is 1. The van der Waals surface area contributed by atoms with Gasteiger partial charge in [-0.25, -0.2) is 4.68 Å². The predicted octanol–water partition coefficient (Wildman–Crippen LogP) is 3.76. The Hall–Kier alpha value is -2.62. The van der Waals surface area contributed by atoms with Crippen molar-refractivity contribution >= 4 is 0 Å². The van der Waals surface area contributed by atoms with E-state index in [4.69, 9.17) is 0 Å². The highest BCUT2D eigenvalue weighted by Gasteiger charge is 2.07. The smallest absolute Gasteiger partial charge is 0.115 e. The summed E-state index contributed by atoms with van der Waals surface area (Å²) >= 11 is 0. The molecule has 0 aliphatic carbocycles. The molecule has 0 aliphatic rings. The van der Waals surface area contributed by atoms with Gasteiger partial charge in [-0.15, -0.1) is 5.10 Å². The number of phenols is 1. The van der Waals surface area contributed by atoms with Gasteiger partial charge in [0.1, 0.15) is 11.4 Å². The SMILES string of the molecule is CC(C)c1cccc(-n2cc(-c3ccc(O)cc3)nn2)c1.